The molecule has 3 N–H and O–H groups in total. The molecule has 4 unspecified atom stereocenters. The lowest BCUT2D eigenvalue weighted by atomic mass is 9.87. The Labute approximate surface area is 145 Å². The predicted molar refractivity (Wildman–Crippen MR) is 93.9 cm³/mol. The maximum absolute atomic E-state index is 12.3. The number of rotatable bonds is 5. The Hall–Kier alpha value is -0.810. The Morgan fingerprint density at radius 3 is 2.50 bits per heavy atom. The zero-order valence-corrected chi connectivity index (χ0v) is 14.8. The van der Waals surface area contributed by atoms with E-state index in [2.05, 4.69) is 10.6 Å². The molecule has 138 valence electrons. The Bertz CT molecular complexity index is 398. The quantitative estimate of drug-likeness (QED) is 0.721. The molecule has 0 aliphatic heterocycles. The van der Waals surface area contributed by atoms with Crippen LogP contribution in [0.15, 0.2) is 0 Å². The molecule has 4 atom stereocenters. The number of aliphatic hydroxyl groups excluding tert-OH is 1. The summed E-state index contributed by atoms with van der Waals surface area (Å²) in [6.07, 6.45) is 13.7. The molecule has 3 aliphatic carbocycles. The van der Waals surface area contributed by atoms with E-state index in [-0.39, 0.29) is 24.3 Å². The van der Waals surface area contributed by atoms with Gasteiger partial charge in [-0.05, 0) is 50.9 Å². The maximum Gasteiger partial charge on any atom is 0.315 e. The summed E-state index contributed by atoms with van der Waals surface area (Å²) < 4.78 is 6.30. The molecule has 0 spiro atoms. The van der Waals surface area contributed by atoms with Crippen LogP contribution in [-0.4, -0.2) is 42.0 Å². The van der Waals surface area contributed by atoms with Crippen LogP contribution in [0.4, 0.5) is 4.79 Å². The van der Waals surface area contributed by atoms with E-state index in [1.54, 1.807) is 0 Å². The van der Waals surface area contributed by atoms with Crippen molar-refractivity contribution in [2.24, 2.45) is 5.92 Å². The molecule has 0 aromatic rings. The number of ether oxygens (including phenoxy) is 1. The van der Waals surface area contributed by atoms with E-state index < -0.39 is 0 Å². The number of amides is 2. The van der Waals surface area contributed by atoms with Gasteiger partial charge < -0.3 is 20.5 Å². The van der Waals surface area contributed by atoms with Crippen molar-refractivity contribution in [3.05, 3.63) is 0 Å². The molecule has 2 amide bonds. The molecule has 3 saturated carbocycles. The largest absolute Gasteiger partial charge is 0.393 e. The zero-order valence-electron chi connectivity index (χ0n) is 14.8. The van der Waals surface area contributed by atoms with Crippen LogP contribution in [-0.2, 0) is 4.74 Å². The third-order valence-electron chi connectivity index (χ3n) is 5.99. The Balaban J connectivity index is 1.41. The van der Waals surface area contributed by atoms with Crippen LogP contribution >= 0.6 is 0 Å². The molecule has 0 bridgehead atoms. The summed E-state index contributed by atoms with van der Waals surface area (Å²) in [7, 11) is 0. The molecule has 0 aromatic heterocycles. The van der Waals surface area contributed by atoms with E-state index in [1.165, 1.54) is 38.5 Å². The second-order valence-electron chi connectivity index (χ2n) is 8.01. The van der Waals surface area contributed by atoms with Gasteiger partial charge in [0, 0.05) is 6.54 Å². The zero-order chi connectivity index (χ0) is 16.8. The number of carbonyl (C=O) groups excluding carboxylic acids is 1. The average molecular weight is 338 g/mol. The molecule has 3 aliphatic rings. The number of aliphatic hydroxyl groups is 1. The van der Waals surface area contributed by atoms with Gasteiger partial charge in [-0.1, -0.05) is 32.1 Å². The van der Waals surface area contributed by atoms with Crippen molar-refractivity contribution in [2.45, 2.75) is 101 Å². The normalized spacial score (nSPS) is 34.9. The van der Waals surface area contributed by atoms with E-state index >= 15 is 0 Å². The topological polar surface area (TPSA) is 70.6 Å². The average Bonchev–Trinajstić information content (AvgIpc) is 3.08. The predicted octanol–water partition coefficient (Wildman–Crippen LogP) is 3.11. The Kier molecular flexibility index (Phi) is 6.78. The van der Waals surface area contributed by atoms with Gasteiger partial charge in [0.05, 0.1) is 24.4 Å². The number of carbonyl (C=O) groups is 1. The van der Waals surface area contributed by atoms with Crippen LogP contribution in [0, 0.1) is 5.92 Å². The van der Waals surface area contributed by atoms with Gasteiger partial charge in [0.25, 0.3) is 0 Å². The number of nitrogens with one attached hydrogen (secondary N) is 2. The van der Waals surface area contributed by atoms with E-state index in [9.17, 15) is 9.90 Å². The van der Waals surface area contributed by atoms with E-state index in [0.29, 0.717) is 18.6 Å². The molecular weight excluding hydrogens is 304 g/mol. The van der Waals surface area contributed by atoms with E-state index in [1.807, 2.05) is 0 Å². The molecule has 3 fully saturated rings. The first kappa shape index (κ1) is 18.0. The smallest absolute Gasteiger partial charge is 0.315 e. The highest BCUT2D eigenvalue weighted by molar-refractivity contribution is 5.74. The minimum Gasteiger partial charge on any atom is -0.393 e. The van der Waals surface area contributed by atoms with Crippen molar-refractivity contribution in [1.82, 2.24) is 10.6 Å². The van der Waals surface area contributed by atoms with Crippen LogP contribution in [0.2, 0.25) is 0 Å². The van der Waals surface area contributed by atoms with Gasteiger partial charge in [0.1, 0.15) is 0 Å². The summed E-state index contributed by atoms with van der Waals surface area (Å²) in [5, 5.41) is 15.9. The van der Waals surface area contributed by atoms with Crippen molar-refractivity contribution in [3.63, 3.8) is 0 Å². The first-order valence-corrected chi connectivity index (χ1v) is 10.1. The van der Waals surface area contributed by atoms with Gasteiger partial charge in [-0.15, -0.1) is 0 Å². The number of hydrogen-bond acceptors (Lipinski definition) is 3. The standard InChI is InChI=1S/C19H34N2O3/c22-15-7-5-6-14(12-15)13-20-19(23)21-17-10-3-4-11-18(17)24-16-8-1-2-9-16/h14-18,22H,1-13H2,(H2,20,21,23). The van der Waals surface area contributed by atoms with E-state index in [0.717, 1.165) is 38.5 Å². The van der Waals surface area contributed by atoms with Gasteiger partial charge in [0.15, 0.2) is 0 Å². The molecule has 0 heterocycles. The second-order valence-corrected chi connectivity index (χ2v) is 8.01. The molecule has 5 nitrogen and oxygen atoms in total. The fourth-order valence-corrected chi connectivity index (χ4v) is 4.60. The minimum absolute atomic E-state index is 0.0676. The first-order valence-electron chi connectivity index (χ1n) is 10.1. The molecule has 3 rings (SSSR count). The Morgan fingerprint density at radius 1 is 0.958 bits per heavy atom. The third kappa shape index (κ3) is 5.35. The molecule has 0 saturated heterocycles. The van der Waals surface area contributed by atoms with Gasteiger partial charge in [-0.3, -0.25) is 0 Å². The van der Waals surface area contributed by atoms with Gasteiger partial charge in [0.2, 0.25) is 0 Å². The van der Waals surface area contributed by atoms with Gasteiger partial charge >= 0.3 is 6.03 Å². The summed E-state index contributed by atoms with van der Waals surface area (Å²) in [4.78, 5) is 12.3. The molecule has 0 aromatic carbocycles. The highest BCUT2D eigenvalue weighted by Gasteiger charge is 2.30. The molecule has 24 heavy (non-hydrogen) atoms. The summed E-state index contributed by atoms with van der Waals surface area (Å²) in [5.41, 5.74) is 0. The van der Waals surface area contributed by atoms with Crippen molar-refractivity contribution in [1.29, 1.82) is 0 Å². The summed E-state index contributed by atoms with van der Waals surface area (Å²) in [6, 6.07) is 0.0817. The van der Waals surface area contributed by atoms with Crippen molar-refractivity contribution in [2.75, 3.05) is 6.54 Å². The Morgan fingerprint density at radius 2 is 1.71 bits per heavy atom. The maximum atomic E-state index is 12.3. The molecule has 0 radical (unpaired) electrons. The van der Waals surface area contributed by atoms with Gasteiger partial charge in [-0.25, -0.2) is 4.79 Å². The summed E-state index contributed by atoms with van der Waals surface area (Å²) >= 11 is 0. The van der Waals surface area contributed by atoms with Crippen LogP contribution in [0.3, 0.4) is 0 Å². The monoisotopic (exact) mass is 338 g/mol. The van der Waals surface area contributed by atoms with Crippen LogP contribution < -0.4 is 10.6 Å². The van der Waals surface area contributed by atoms with Crippen molar-refractivity contribution >= 4 is 6.03 Å². The van der Waals surface area contributed by atoms with Crippen LogP contribution in [0.1, 0.15) is 77.0 Å². The molecule has 5 heteroatoms. The second kappa shape index (κ2) is 9.04. The van der Waals surface area contributed by atoms with Gasteiger partial charge in [-0.2, -0.15) is 0 Å². The van der Waals surface area contributed by atoms with Crippen LogP contribution in [0.5, 0.6) is 0 Å². The van der Waals surface area contributed by atoms with Crippen molar-refractivity contribution in [3.8, 4) is 0 Å². The summed E-state index contributed by atoms with van der Waals surface area (Å²) in [5.74, 6) is 0.413. The first-order chi connectivity index (χ1) is 11.7. The number of urea groups is 1. The lowest BCUT2D eigenvalue weighted by Crippen LogP contribution is -2.51. The highest BCUT2D eigenvalue weighted by atomic mass is 16.5. The van der Waals surface area contributed by atoms with Crippen LogP contribution in [0.25, 0.3) is 0 Å². The lowest BCUT2D eigenvalue weighted by Gasteiger charge is -2.34. The fraction of sp³-hybridized carbons (Fsp3) is 0.947. The summed E-state index contributed by atoms with van der Waals surface area (Å²) in [6.45, 7) is 0.670. The minimum atomic E-state index is -0.184. The van der Waals surface area contributed by atoms with E-state index in [4.69, 9.17) is 4.74 Å². The lowest BCUT2D eigenvalue weighted by molar-refractivity contribution is -0.0410. The SMILES string of the molecule is O=C(NCC1CCCC(O)C1)NC1CCCCC1OC1CCCC1. The fourth-order valence-electron chi connectivity index (χ4n) is 4.60. The van der Waals surface area contributed by atoms with Crippen molar-refractivity contribution < 1.29 is 14.6 Å². The highest BCUT2D eigenvalue weighted by Crippen LogP contribution is 2.28. The molecular formula is C19H34N2O3. The third-order valence-corrected chi connectivity index (χ3v) is 5.99. The number of hydrogen-bond donors (Lipinski definition) is 3.